The van der Waals surface area contributed by atoms with E-state index in [4.69, 9.17) is 9.47 Å². The van der Waals surface area contributed by atoms with Crippen LogP contribution in [0.1, 0.15) is 39.2 Å². The number of hydrogen-bond acceptors (Lipinski definition) is 3. The Kier molecular flexibility index (Phi) is 5.01. The highest BCUT2D eigenvalue weighted by Crippen LogP contribution is 2.30. The van der Waals surface area contributed by atoms with Crippen LogP contribution >= 0.6 is 0 Å². The van der Waals surface area contributed by atoms with Crippen LogP contribution < -0.4 is 4.74 Å². The van der Waals surface area contributed by atoms with Crippen molar-refractivity contribution in [1.29, 1.82) is 0 Å². The van der Waals surface area contributed by atoms with E-state index in [0.717, 1.165) is 12.5 Å². The van der Waals surface area contributed by atoms with Crippen molar-refractivity contribution in [2.45, 2.75) is 51.5 Å². The topological polar surface area (TPSA) is 38.8 Å². The number of nitrogens with zero attached hydrogens (tertiary/aromatic N) is 1. The molecule has 2 rings (SSSR count). The standard InChI is InChI=1S/C17H22F3NO3/c1-11(17(18,19)20)23-14-7-5-12(6-8-14)13-9-21(10-13)15(22)24-16(2,3)4/h5-8,11,13H,9-10H2,1-4H3. The van der Waals surface area contributed by atoms with Crippen LogP contribution in [0.4, 0.5) is 18.0 Å². The predicted octanol–water partition coefficient (Wildman–Crippen LogP) is 4.35. The summed E-state index contributed by atoms with van der Waals surface area (Å²) in [4.78, 5) is 13.5. The van der Waals surface area contributed by atoms with Crippen molar-refractivity contribution in [3.8, 4) is 5.75 Å². The number of benzene rings is 1. The summed E-state index contributed by atoms with van der Waals surface area (Å²) in [6, 6.07) is 6.51. The molecule has 0 saturated carbocycles. The van der Waals surface area contributed by atoms with E-state index in [-0.39, 0.29) is 17.8 Å². The molecule has 0 bridgehead atoms. The van der Waals surface area contributed by atoms with Crippen molar-refractivity contribution < 1.29 is 27.4 Å². The average molecular weight is 345 g/mol. The lowest BCUT2D eigenvalue weighted by molar-refractivity contribution is -0.189. The second kappa shape index (κ2) is 6.53. The first kappa shape index (κ1) is 18.4. The minimum atomic E-state index is -4.39. The van der Waals surface area contributed by atoms with Crippen molar-refractivity contribution in [3.63, 3.8) is 0 Å². The summed E-state index contributed by atoms with van der Waals surface area (Å²) < 4.78 is 47.6. The number of halogens is 3. The van der Waals surface area contributed by atoms with Gasteiger partial charge in [-0.25, -0.2) is 4.79 Å². The Morgan fingerprint density at radius 2 is 1.71 bits per heavy atom. The van der Waals surface area contributed by atoms with Gasteiger partial charge in [0.15, 0.2) is 6.10 Å². The normalized spacial score (nSPS) is 17.2. The zero-order chi connectivity index (χ0) is 18.1. The van der Waals surface area contributed by atoms with Gasteiger partial charge in [0.2, 0.25) is 0 Å². The Morgan fingerprint density at radius 1 is 1.17 bits per heavy atom. The zero-order valence-electron chi connectivity index (χ0n) is 14.2. The molecule has 1 amide bonds. The zero-order valence-corrected chi connectivity index (χ0v) is 14.2. The Labute approximate surface area is 139 Å². The van der Waals surface area contributed by atoms with Crippen LogP contribution in [0, 0.1) is 0 Å². The van der Waals surface area contributed by atoms with Crippen molar-refractivity contribution in [1.82, 2.24) is 4.90 Å². The first-order valence-electron chi connectivity index (χ1n) is 7.77. The molecule has 1 fully saturated rings. The van der Waals surface area contributed by atoms with Gasteiger partial charge in [-0.1, -0.05) is 12.1 Å². The number of ether oxygens (including phenoxy) is 2. The number of hydrogen-bond donors (Lipinski definition) is 0. The van der Waals surface area contributed by atoms with Gasteiger partial charge >= 0.3 is 12.3 Å². The third-order valence-electron chi connectivity index (χ3n) is 3.66. The maximum atomic E-state index is 12.5. The largest absolute Gasteiger partial charge is 0.481 e. The monoisotopic (exact) mass is 345 g/mol. The van der Waals surface area contributed by atoms with Gasteiger partial charge in [-0.3, -0.25) is 0 Å². The van der Waals surface area contributed by atoms with Crippen molar-refractivity contribution in [2.75, 3.05) is 13.1 Å². The molecular formula is C17H22F3NO3. The van der Waals surface area contributed by atoms with Crippen LogP contribution in [0.2, 0.25) is 0 Å². The molecule has 1 aliphatic heterocycles. The highest BCUT2D eigenvalue weighted by molar-refractivity contribution is 5.69. The van der Waals surface area contributed by atoms with Crippen molar-refractivity contribution >= 4 is 6.09 Å². The number of likely N-dealkylation sites (tertiary alicyclic amines) is 1. The fraction of sp³-hybridized carbons (Fsp3) is 0.588. The molecule has 1 unspecified atom stereocenters. The van der Waals surface area contributed by atoms with E-state index >= 15 is 0 Å². The number of alkyl halides is 3. The lowest BCUT2D eigenvalue weighted by Crippen LogP contribution is -2.50. The molecule has 1 heterocycles. The summed E-state index contributed by atoms with van der Waals surface area (Å²) in [6.07, 6.45) is -6.59. The van der Waals surface area contributed by atoms with Gasteiger partial charge in [0.25, 0.3) is 0 Å². The van der Waals surface area contributed by atoms with E-state index in [1.54, 1.807) is 17.0 Å². The molecule has 24 heavy (non-hydrogen) atoms. The van der Waals surface area contributed by atoms with Gasteiger partial charge in [0, 0.05) is 19.0 Å². The lowest BCUT2D eigenvalue weighted by Gasteiger charge is -2.40. The first-order valence-corrected chi connectivity index (χ1v) is 7.77. The maximum Gasteiger partial charge on any atom is 0.425 e. The molecule has 1 aromatic rings. The molecule has 7 heteroatoms. The molecule has 1 aromatic carbocycles. The quantitative estimate of drug-likeness (QED) is 0.817. The van der Waals surface area contributed by atoms with Gasteiger partial charge in [-0.2, -0.15) is 13.2 Å². The average Bonchev–Trinajstić information content (AvgIpc) is 2.35. The van der Waals surface area contributed by atoms with Gasteiger partial charge in [0.1, 0.15) is 11.4 Å². The lowest BCUT2D eigenvalue weighted by atomic mass is 9.92. The van der Waals surface area contributed by atoms with Crippen molar-refractivity contribution in [3.05, 3.63) is 29.8 Å². The number of amides is 1. The fourth-order valence-corrected chi connectivity index (χ4v) is 2.25. The second-order valence-corrected chi connectivity index (χ2v) is 6.95. The fourth-order valence-electron chi connectivity index (χ4n) is 2.25. The Hall–Kier alpha value is -1.92. The van der Waals surface area contributed by atoms with E-state index in [0.29, 0.717) is 13.1 Å². The summed E-state index contributed by atoms with van der Waals surface area (Å²) in [6.45, 7) is 7.47. The highest BCUT2D eigenvalue weighted by atomic mass is 19.4. The van der Waals surface area contributed by atoms with Crippen molar-refractivity contribution in [2.24, 2.45) is 0 Å². The molecule has 0 N–H and O–H groups in total. The summed E-state index contributed by atoms with van der Waals surface area (Å²) in [5.41, 5.74) is 0.429. The van der Waals surface area contributed by atoms with Crippen LogP contribution in [0.3, 0.4) is 0 Å². The highest BCUT2D eigenvalue weighted by Gasteiger charge is 2.38. The third-order valence-corrected chi connectivity index (χ3v) is 3.66. The molecule has 0 radical (unpaired) electrons. The van der Waals surface area contributed by atoms with Gasteiger partial charge in [0.05, 0.1) is 0 Å². The Morgan fingerprint density at radius 3 is 2.17 bits per heavy atom. The van der Waals surface area contributed by atoms with Crippen LogP contribution in [0.5, 0.6) is 5.75 Å². The summed E-state index contributed by atoms with van der Waals surface area (Å²) >= 11 is 0. The third kappa shape index (κ3) is 4.79. The van der Waals surface area contributed by atoms with Gasteiger partial charge < -0.3 is 14.4 Å². The van der Waals surface area contributed by atoms with E-state index < -0.39 is 17.9 Å². The summed E-state index contributed by atoms with van der Waals surface area (Å²) in [5, 5.41) is 0. The second-order valence-electron chi connectivity index (χ2n) is 6.95. The smallest absolute Gasteiger partial charge is 0.425 e. The molecule has 0 aliphatic carbocycles. The van der Waals surface area contributed by atoms with E-state index in [2.05, 4.69) is 0 Å². The van der Waals surface area contributed by atoms with Gasteiger partial charge in [-0.05, 0) is 45.4 Å². The maximum absolute atomic E-state index is 12.5. The molecule has 1 atom stereocenters. The first-order chi connectivity index (χ1) is 11.0. The van der Waals surface area contributed by atoms with Crippen LogP contribution in [-0.4, -0.2) is 42.0 Å². The molecule has 0 aromatic heterocycles. The van der Waals surface area contributed by atoms with Crippen LogP contribution in [-0.2, 0) is 4.74 Å². The summed E-state index contributed by atoms with van der Waals surface area (Å²) in [5.74, 6) is 0.332. The molecule has 1 saturated heterocycles. The number of carbonyl (C=O) groups excluding carboxylic acids is 1. The van der Waals surface area contributed by atoms with E-state index in [1.807, 2.05) is 20.8 Å². The predicted molar refractivity (Wildman–Crippen MR) is 83.1 cm³/mol. The van der Waals surface area contributed by atoms with E-state index in [1.165, 1.54) is 12.1 Å². The number of rotatable bonds is 3. The SMILES string of the molecule is CC(Oc1ccc(C2CN(C(=O)OC(C)(C)C)C2)cc1)C(F)(F)F. The minimum Gasteiger partial charge on any atom is -0.481 e. The molecule has 1 aliphatic rings. The van der Waals surface area contributed by atoms with Crippen LogP contribution in [0.15, 0.2) is 24.3 Å². The molecule has 134 valence electrons. The van der Waals surface area contributed by atoms with Gasteiger partial charge in [-0.15, -0.1) is 0 Å². The molecule has 0 spiro atoms. The minimum absolute atomic E-state index is 0.159. The molecular weight excluding hydrogens is 323 g/mol. The van der Waals surface area contributed by atoms with E-state index in [9.17, 15) is 18.0 Å². The summed E-state index contributed by atoms with van der Waals surface area (Å²) in [7, 11) is 0. The number of carbonyl (C=O) groups is 1. The Bertz CT molecular complexity index is 572. The Balaban J connectivity index is 1.87. The molecule has 4 nitrogen and oxygen atoms in total. The van der Waals surface area contributed by atoms with Crippen LogP contribution in [0.25, 0.3) is 0 Å².